The molecule has 8 heteroatoms. The molecule has 0 unspecified atom stereocenters. The SMILES string of the molecule is c1ccc(-n2nnnc2CCNc2ncnc3sccc23)cc1. The summed E-state index contributed by atoms with van der Waals surface area (Å²) in [4.78, 5) is 9.53. The average molecular weight is 323 g/mol. The largest absolute Gasteiger partial charge is 0.369 e. The lowest BCUT2D eigenvalue weighted by atomic mass is 10.3. The molecule has 0 amide bonds. The molecule has 7 nitrogen and oxygen atoms in total. The van der Waals surface area contributed by atoms with E-state index in [9.17, 15) is 0 Å². The molecule has 1 aromatic carbocycles. The monoisotopic (exact) mass is 323 g/mol. The number of para-hydroxylation sites is 1. The molecule has 23 heavy (non-hydrogen) atoms. The highest BCUT2D eigenvalue weighted by Crippen LogP contribution is 2.23. The average Bonchev–Trinajstić information content (AvgIpc) is 3.25. The Morgan fingerprint density at radius 1 is 1.09 bits per heavy atom. The number of hydrogen-bond donors (Lipinski definition) is 1. The van der Waals surface area contributed by atoms with Gasteiger partial charge in [0, 0.05) is 13.0 Å². The zero-order valence-electron chi connectivity index (χ0n) is 12.1. The first kappa shape index (κ1) is 13.8. The van der Waals surface area contributed by atoms with E-state index in [4.69, 9.17) is 0 Å². The number of fused-ring (bicyclic) bond motifs is 1. The van der Waals surface area contributed by atoms with Crippen LogP contribution in [0.1, 0.15) is 5.82 Å². The van der Waals surface area contributed by atoms with Gasteiger partial charge >= 0.3 is 0 Å². The van der Waals surface area contributed by atoms with Crippen LogP contribution in [0, 0.1) is 0 Å². The van der Waals surface area contributed by atoms with E-state index in [2.05, 4.69) is 30.8 Å². The van der Waals surface area contributed by atoms with Crippen LogP contribution in [0.5, 0.6) is 0 Å². The number of rotatable bonds is 5. The molecule has 3 heterocycles. The Morgan fingerprint density at radius 2 is 2.00 bits per heavy atom. The molecule has 114 valence electrons. The van der Waals surface area contributed by atoms with Crippen LogP contribution in [0.4, 0.5) is 5.82 Å². The highest BCUT2D eigenvalue weighted by atomic mass is 32.1. The quantitative estimate of drug-likeness (QED) is 0.607. The fraction of sp³-hybridized carbons (Fsp3) is 0.133. The third-order valence-electron chi connectivity index (χ3n) is 3.44. The zero-order valence-corrected chi connectivity index (χ0v) is 12.9. The molecule has 0 aliphatic heterocycles. The van der Waals surface area contributed by atoms with Crippen LogP contribution < -0.4 is 5.32 Å². The van der Waals surface area contributed by atoms with Crippen LogP contribution >= 0.6 is 11.3 Å². The van der Waals surface area contributed by atoms with Crippen molar-refractivity contribution in [2.45, 2.75) is 6.42 Å². The number of thiophene rings is 1. The molecule has 1 N–H and O–H groups in total. The summed E-state index contributed by atoms with van der Waals surface area (Å²) in [7, 11) is 0. The molecule has 0 spiro atoms. The highest BCUT2D eigenvalue weighted by Gasteiger charge is 2.09. The minimum atomic E-state index is 0.690. The smallest absolute Gasteiger partial charge is 0.158 e. The van der Waals surface area contributed by atoms with Gasteiger partial charge in [-0.2, -0.15) is 4.68 Å². The molecule has 0 aliphatic rings. The summed E-state index contributed by atoms with van der Waals surface area (Å²) in [6.07, 6.45) is 2.27. The highest BCUT2D eigenvalue weighted by molar-refractivity contribution is 7.16. The van der Waals surface area contributed by atoms with Gasteiger partial charge in [0.25, 0.3) is 0 Å². The van der Waals surface area contributed by atoms with E-state index in [-0.39, 0.29) is 0 Å². The molecular weight excluding hydrogens is 310 g/mol. The maximum atomic E-state index is 4.30. The summed E-state index contributed by atoms with van der Waals surface area (Å²) in [6.45, 7) is 0.690. The molecule has 0 bridgehead atoms. The summed E-state index contributed by atoms with van der Waals surface area (Å²) < 4.78 is 1.75. The third-order valence-corrected chi connectivity index (χ3v) is 4.26. The topological polar surface area (TPSA) is 81.4 Å². The predicted molar refractivity (Wildman–Crippen MR) is 88.8 cm³/mol. The summed E-state index contributed by atoms with van der Waals surface area (Å²) in [5.41, 5.74) is 0.953. The van der Waals surface area contributed by atoms with E-state index in [0.717, 1.165) is 27.5 Å². The van der Waals surface area contributed by atoms with E-state index in [1.54, 1.807) is 22.3 Å². The fourth-order valence-corrected chi connectivity index (χ4v) is 3.09. The summed E-state index contributed by atoms with van der Waals surface area (Å²) in [5, 5.41) is 18.3. The van der Waals surface area contributed by atoms with E-state index in [1.165, 1.54) is 0 Å². The Kier molecular flexibility index (Phi) is 3.65. The Labute approximate surface area is 136 Å². The van der Waals surface area contributed by atoms with Gasteiger partial charge in [-0.15, -0.1) is 16.4 Å². The van der Waals surface area contributed by atoms with Gasteiger partial charge in [0.2, 0.25) is 0 Å². The second-order valence-electron chi connectivity index (χ2n) is 4.88. The van der Waals surface area contributed by atoms with E-state index < -0.39 is 0 Å². The molecule has 0 saturated carbocycles. The number of anilines is 1. The van der Waals surface area contributed by atoms with Gasteiger partial charge in [0.1, 0.15) is 17.0 Å². The molecule has 0 aliphatic carbocycles. The van der Waals surface area contributed by atoms with Crippen LogP contribution in [-0.2, 0) is 6.42 Å². The van der Waals surface area contributed by atoms with Crippen LogP contribution in [0.3, 0.4) is 0 Å². The number of aromatic nitrogens is 6. The third kappa shape index (κ3) is 2.76. The first-order chi connectivity index (χ1) is 11.4. The standard InChI is InChI=1S/C15H13N7S/c1-2-4-11(5-3-1)22-13(19-20-21-22)6-8-16-14-12-7-9-23-15(12)18-10-17-14/h1-5,7,9-10H,6,8H2,(H,16,17,18). The van der Waals surface area contributed by atoms with Gasteiger partial charge in [0.05, 0.1) is 11.1 Å². The second-order valence-corrected chi connectivity index (χ2v) is 5.78. The molecule has 0 radical (unpaired) electrons. The number of tetrazole rings is 1. The van der Waals surface area contributed by atoms with Crippen molar-refractivity contribution in [3.63, 3.8) is 0 Å². The summed E-state index contributed by atoms with van der Waals surface area (Å²) >= 11 is 1.60. The molecule has 3 aromatic heterocycles. The lowest BCUT2D eigenvalue weighted by molar-refractivity contribution is 0.760. The summed E-state index contributed by atoms with van der Waals surface area (Å²) in [5.74, 6) is 1.65. The van der Waals surface area contributed by atoms with Crippen molar-refractivity contribution in [1.29, 1.82) is 0 Å². The number of nitrogens with zero attached hydrogens (tertiary/aromatic N) is 6. The van der Waals surface area contributed by atoms with Crippen molar-refractivity contribution in [3.05, 3.63) is 53.9 Å². The Hall–Kier alpha value is -2.87. The van der Waals surface area contributed by atoms with Gasteiger partial charge in [-0.1, -0.05) is 18.2 Å². The zero-order chi connectivity index (χ0) is 15.5. The number of nitrogens with one attached hydrogen (secondary N) is 1. The van der Waals surface area contributed by atoms with Crippen molar-refractivity contribution >= 4 is 27.4 Å². The van der Waals surface area contributed by atoms with Crippen LogP contribution in [0.15, 0.2) is 48.1 Å². The second kappa shape index (κ2) is 6.09. The Morgan fingerprint density at radius 3 is 2.91 bits per heavy atom. The van der Waals surface area contributed by atoms with Gasteiger partial charge in [-0.3, -0.25) is 0 Å². The maximum absolute atomic E-state index is 4.30. The minimum Gasteiger partial charge on any atom is -0.369 e. The van der Waals surface area contributed by atoms with Crippen molar-refractivity contribution < 1.29 is 0 Å². The fourth-order valence-electron chi connectivity index (χ4n) is 2.36. The van der Waals surface area contributed by atoms with Crippen molar-refractivity contribution in [3.8, 4) is 5.69 Å². The molecule has 0 atom stereocenters. The Bertz CT molecular complexity index is 916. The normalized spacial score (nSPS) is 11.0. The van der Waals surface area contributed by atoms with E-state index in [1.807, 2.05) is 41.8 Å². The first-order valence-electron chi connectivity index (χ1n) is 7.16. The van der Waals surface area contributed by atoms with Crippen molar-refractivity contribution in [2.75, 3.05) is 11.9 Å². The predicted octanol–water partition coefficient (Wildman–Crippen LogP) is 2.32. The van der Waals surface area contributed by atoms with E-state index in [0.29, 0.717) is 13.0 Å². The number of hydrogen-bond acceptors (Lipinski definition) is 7. The van der Waals surface area contributed by atoms with Crippen molar-refractivity contribution in [2.24, 2.45) is 0 Å². The van der Waals surface area contributed by atoms with Gasteiger partial charge in [0.15, 0.2) is 5.82 Å². The molecule has 0 fully saturated rings. The van der Waals surface area contributed by atoms with Crippen LogP contribution in [-0.4, -0.2) is 36.7 Å². The molecule has 4 rings (SSSR count). The molecule has 4 aromatic rings. The van der Waals surface area contributed by atoms with Gasteiger partial charge < -0.3 is 5.32 Å². The van der Waals surface area contributed by atoms with Crippen molar-refractivity contribution in [1.82, 2.24) is 30.2 Å². The first-order valence-corrected chi connectivity index (χ1v) is 8.04. The van der Waals surface area contributed by atoms with Gasteiger partial charge in [-0.25, -0.2) is 9.97 Å². The van der Waals surface area contributed by atoms with Crippen LogP contribution in [0.2, 0.25) is 0 Å². The van der Waals surface area contributed by atoms with Crippen LogP contribution in [0.25, 0.3) is 15.9 Å². The van der Waals surface area contributed by atoms with Gasteiger partial charge in [-0.05, 0) is 34.0 Å². The molecular formula is C15H13N7S. The summed E-state index contributed by atoms with van der Waals surface area (Å²) in [6, 6.07) is 11.9. The molecule has 0 saturated heterocycles. The van der Waals surface area contributed by atoms with E-state index >= 15 is 0 Å². The number of benzene rings is 1. The maximum Gasteiger partial charge on any atom is 0.158 e. The lowest BCUT2D eigenvalue weighted by Gasteiger charge is -2.07. The lowest BCUT2D eigenvalue weighted by Crippen LogP contribution is -2.11. The Balaban J connectivity index is 1.48. The minimum absolute atomic E-state index is 0.690.